The molecular formula is C16H14F2N2O3S. The Hall–Kier alpha value is -2.48. The van der Waals surface area contributed by atoms with E-state index < -0.39 is 33.3 Å². The number of nitrogens with one attached hydrogen (secondary N) is 1. The number of carbonyl (C=O) groups is 1. The van der Waals surface area contributed by atoms with Gasteiger partial charge in [-0.3, -0.25) is 9.10 Å². The van der Waals surface area contributed by atoms with Crippen molar-refractivity contribution in [3.63, 3.8) is 0 Å². The van der Waals surface area contributed by atoms with Crippen molar-refractivity contribution < 1.29 is 22.0 Å². The van der Waals surface area contributed by atoms with E-state index in [1.807, 2.05) is 0 Å². The standard InChI is InChI=1S/C16H14F2N2O3S/c1-24(22,23)20-8-7-10-9-11(5-6-14(10)20)16(21)19-15-12(17)3-2-4-13(15)18/h2-6,9H,7-8H2,1H3,(H,19,21). The van der Waals surface area contributed by atoms with Gasteiger partial charge in [-0.05, 0) is 42.3 Å². The van der Waals surface area contributed by atoms with Crippen LogP contribution in [0.3, 0.4) is 0 Å². The minimum Gasteiger partial charge on any atom is -0.317 e. The summed E-state index contributed by atoms with van der Waals surface area (Å²) in [5.74, 6) is -2.40. The predicted octanol–water partition coefficient (Wildman–Crippen LogP) is 2.54. The van der Waals surface area contributed by atoms with Gasteiger partial charge in [-0.2, -0.15) is 0 Å². The molecule has 126 valence electrons. The molecule has 2 aromatic rings. The first-order valence-corrected chi connectivity index (χ1v) is 8.98. The van der Waals surface area contributed by atoms with E-state index in [0.29, 0.717) is 24.2 Å². The smallest absolute Gasteiger partial charge is 0.255 e. The van der Waals surface area contributed by atoms with Gasteiger partial charge < -0.3 is 5.32 Å². The van der Waals surface area contributed by atoms with E-state index in [9.17, 15) is 22.0 Å². The molecule has 0 fully saturated rings. The summed E-state index contributed by atoms with van der Waals surface area (Å²) in [6.45, 7) is 0.307. The Kier molecular flexibility index (Phi) is 4.00. The topological polar surface area (TPSA) is 66.5 Å². The van der Waals surface area contributed by atoms with E-state index in [0.717, 1.165) is 18.4 Å². The molecule has 1 aliphatic heterocycles. The molecule has 1 aliphatic rings. The van der Waals surface area contributed by atoms with Crippen LogP contribution in [0.4, 0.5) is 20.2 Å². The second kappa shape index (κ2) is 5.86. The van der Waals surface area contributed by atoms with Gasteiger partial charge in [0.2, 0.25) is 10.0 Å². The van der Waals surface area contributed by atoms with Crippen LogP contribution in [0.5, 0.6) is 0 Å². The van der Waals surface area contributed by atoms with Crippen LogP contribution in [0.2, 0.25) is 0 Å². The summed E-state index contributed by atoms with van der Waals surface area (Å²) >= 11 is 0. The lowest BCUT2D eigenvalue weighted by Crippen LogP contribution is -2.27. The second-order valence-corrected chi connectivity index (χ2v) is 7.39. The van der Waals surface area contributed by atoms with Crippen molar-refractivity contribution in [1.82, 2.24) is 0 Å². The van der Waals surface area contributed by atoms with Crippen molar-refractivity contribution in [1.29, 1.82) is 0 Å². The average Bonchev–Trinajstić information content (AvgIpc) is 2.94. The minimum atomic E-state index is -3.38. The maximum Gasteiger partial charge on any atom is 0.255 e. The van der Waals surface area contributed by atoms with Gasteiger partial charge >= 0.3 is 0 Å². The molecule has 24 heavy (non-hydrogen) atoms. The molecule has 1 heterocycles. The highest BCUT2D eigenvalue weighted by atomic mass is 32.2. The van der Waals surface area contributed by atoms with Gasteiger partial charge in [0.25, 0.3) is 5.91 Å². The number of fused-ring (bicyclic) bond motifs is 1. The molecule has 2 aromatic carbocycles. The number of carbonyl (C=O) groups excluding carboxylic acids is 1. The second-order valence-electron chi connectivity index (χ2n) is 5.48. The van der Waals surface area contributed by atoms with Gasteiger partial charge in [-0.15, -0.1) is 0 Å². The molecule has 8 heteroatoms. The number of halogens is 2. The molecule has 1 N–H and O–H groups in total. The van der Waals surface area contributed by atoms with Gasteiger partial charge in [-0.25, -0.2) is 17.2 Å². The summed E-state index contributed by atoms with van der Waals surface area (Å²) in [6.07, 6.45) is 1.58. The summed E-state index contributed by atoms with van der Waals surface area (Å²) in [5.41, 5.74) is 0.903. The van der Waals surface area contributed by atoms with E-state index in [1.165, 1.54) is 28.6 Å². The molecule has 0 spiro atoms. The normalized spacial score (nSPS) is 13.7. The first-order valence-electron chi connectivity index (χ1n) is 7.13. The van der Waals surface area contributed by atoms with E-state index >= 15 is 0 Å². The SMILES string of the molecule is CS(=O)(=O)N1CCc2cc(C(=O)Nc3c(F)cccc3F)ccc21. The first-order chi connectivity index (χ1) is 11.3. The molecule has 0 atom stereocenters. The summed E-state index contributed by atoms with van der Waals surface area (Å²) in [4.78, 5) is 12.2. The van der Waals surface area contributed by atoms with E-state index in [4.69, 9.17) is 0 Å². The van der Waals surface area contributed by atoms with Crippen LogP contribution in [-0.4, -0.2) is 27.1 Å². The van der Waals surface area contributed by atoms with Crippen molar-refractivity contribution in [2.24, 2.45) is 0 Å². The minimum absolute atomic E-state index is 0.201. The molecular weight excluding hydrogens is 338 g/mol. The Morgan fingerprint density at radius 1 is 1.17 bits per heavy atom. The molecule has 0 bridgehead atoms. The Morgan fingerprint density at radius 2 is 1.83 bits per heavy atom. The third-order valence-electron chi connectivity index (χ3n) is 3.80. The van der Waals surface area contributed by atoms with Crippen LogP contribution >= 0.6 is 0 Å². The zero-order chi connectivity index (χ0) is 17.5. The van der Waals surface area contributed by atoms with E-state index in [-0.39, 0.29) is 5.56 Å². The van der Waals surface area contributed by atoms with Crippen molar-refractivity contribution in [3.05, 3.63) is 59.2 Å². The maximum atomic E-state index is 13.6. The van der Waals surface area contributed by atoms with Crippen molar-refractivity contribution in [2.45, 2.75) is 6.42 Å². The molecule has 0 unspecified atom stereocenters. The summed E-state index contributed by atoms with van der Waals surface area (Å²) in [7, 11) is -3.38. The number of sulfonamides is 1. The summed E-state index contributed by atoms with van der Waals surface area (Å²) in [6, 6.07) is 7.78. The molecule has 0 aliphatic carbocycles. The van der Waals surface area contributed by atoms with Crippen LogP contribution in [0, 0.1) is 11.6 Å². The summed E-state index contributed by atoms with van der Waals surface area (Å²) in [5, 5.41) is 2.21. The Bertz CT molecular complexity index is 909. The molecule has 1 amide bonds. The third-order valence-corrected chi connectivity index (χ3v) is 4.98. The Balaban J connectivity index is 1.88. The van der Waals surface area contributed by atoms with Crippen LogP contribution in [-0.2, 0) is 16.4 Å². The number of hydrogen-bond acceptors (Lipinski definition) is 3. The molecule has 5 nitrogen and oxygen atoms in total. The van der Waals surface area contributed by atoms with E-state index in [2.05, 4.69) is 5.32 Å². The van der Waals surface area contributed by atoms with Gasteiger partial charge in [-0.1, -0.05) is 6.07 Å². The lowest BCUT2D eigenvalue weighted by molar-refractivity contribution is 0.102. The molecule has 3 rings (SSSR count). The molecule has 0 saturated heterocycles. The molecule has 0 radical (unpaired) electrons. The van der Waals surface area contributed by atoms with Crippen molar-refractivity contribution in [2.75, 3.05) is 22.4 Å². The van der Waals surface area contributed by atoms with Crippen LogP contribution in [0.1, 0.15) is 15.9 Å². The number of nitrogens with zero attached hydrogens (tertiary/aromatic N) is 1. The number of anilines is 2. The lowest BCUT2D eigenvalue weighted by Gasteiger charge is -2.16. The van der Waals surface area contributed by atoms with Gasteiger partial charge in [0.15, 0.2) is 0 Å². The Morgan fingerprint density at radius 3 is 2.46 bits per heavy atom. The van der Waals surface area contributed by atoms with Gasteiger partial charge in [0.05, 0.1) is 11.9 Å². The zero-order valence-corrected chi connectivity index (χ0v) is 13.5. The summed E-state index contributed by atoms with van der Waals surface area (Å²) < 4.78 is 51.9. The highest BCUT2D eigenvalue weighted by Crippen LogP contribution is 2.31. The van der Waals surface area contributed by atoms with Crippen LogP contribution in [0.25, 0.3) is 0 Å². The third kappa shape index (κ3) is 2.96. The fraction of sp³-hybridized carbons (Fsp3) is 0.188. The maximum absolute atomic E-state index is 13.6. The van der Waals surface area contributed by atoms with Crippen LogP contribution < -0.4 is 9.62 Å². The lowest BCUT2D eigenvalue weighted by atomic mass is 10.1. The van der Waals surface area contributed by atoms with Gasteiger partial charge in [0.1, 0.15) is 17.3 Å². The largest absolute Gasteiger partial charge is 0.317 e. The number of benzene rings is 2. The quantitative estimate of drug-likeness (QED) is 0.923. The van der Waals surface area contributed by atoms with Gasteiger partial charge in [0, 0.05) is 12.1 Å². The number of rotatable bonds is 3. The van der Waals surface area contributed by atoms with E-state index in [1.54, 1.807) is 0 Å². The number of hydrogen-bond donors (Lipinski definition) is 1. The fourth-order valence-corrected chi connectivity index (χ4v) is 3.62. The number of para-hydroxylation sites is 1. The molecule has 0 aromatic heterocycles. The predicted molar refractivity (Wildman–Crippen MR) is 86.6 cm³/mol. The first kappa shape index (κ1) is 16.4. The number of amides is 1. The fourth-order valence-electron chi connectivity index (χ4n) is 2.66. The van der Waals surface area contributed by atoms with Crippen molar-refractivity contribution in [3.8, 4) is 0 Å². The average molecular weight is 352 g/mol. The zero-order valence-electron chi connectivity index (χ0n) is 12.7. The highest BCUT2D eigenvalue weighted by molar-refractivity contribution is 7.92. The van der Waals surface area contributed by atoms with Crippen molar-refractivity contribution >= 4 is 27.3 Å². The highest BCUT2D eigenvalue weighted by Gasteiger charge is 2.27. The molecule has 0 saturated carbocycles. The monoisotopic (exact) mass is 352 g/mol. The van der Waals surface area contributed by atoms with Crippen LogP contribution in [0.15, 0.2) is 36.4 Å². The Labute approximate surface area is 138 Å².